The maximum Gasteiger partial charge on any atom is 0.374 e. The zero-order chi connectivity index (χ0) is 20.1. The quantitative estimate of drug-likeness (QED) is 0.221. The Balaban J connectivity index is 1.44. The number of hydrogen-bond acceptors (Lipinski definition) is 8. The molecule has 0 radical (unpaired) electrons. The van der Waals surface area contributed by atoms with E-state index in [2.05, 4.69) is 15.2 Å². The molecule has 3 heterocycles. The molecule has 0 aliphatic rings. The molecule has 0 atom stereocenters. The highest BCUT2D eigenvalue weighted by molar-refractivity contribution is 8.00. The average Bonchev–Trinajstić information content (AvgIpc) is 3.33. The molecule has 4 aromatic rings. The Labute approximate surface area is 176 Å². The van der Waals surface area contributed by atoms with Gasteiger partial charge < -0.3 is 9.15 Å². The molecule has 0 amide bonds. The first kappa shape index (κ1) is 19.6. The van der Waals surface area contributed by atoms with Gasteiger partial charge in [-0.2, -0.15) is 0 Å². The molecule has 0 unspecified atom stereocenters. The minimum Gasteiger partial charge on any atom is -0.460 e. The Morgan fingerprint density at radius 2 is 2.10 bits per heavy atom. The Morgan fingerprint density at radius 1 is 1.21 bits per heavy atom. The molecule has 148 valence electrons. The number of hydrogen-bond donors (Lipinski definition) is 0. The number of pyridine rings is 1. The van der Waals surface area contributed by atoms with Crippen LogP contribution in [0.2, 0.25) is 0 Å². The average molecular weight is 426 g/mol. The number of rotatable bonds is 8. The van der Waals surface area contributed by atoms with Crippen molar-refractivity contribution in [2.45, 2.75) is 29.9 Å². The Morgan fingerprint density at radius 3 is 2.90 bits per heavy atom. The zero-order valence-corrected chi connectivity index (χ0v) is 17.5. The zero-order valence-electron chi connectivity index (χ0n) is 15.8. The summed E-state index contributed by atoms with van der Waals surface area (Å²) in [6.07, 6.45) is 5.10. The number of nitrogens with zero attached hydrogens (tertiary/aromatic N) is 3. The molecule has 0 aliphatic carbocycles. The molecule has 6 nitrogen and oxygen atoms in total. The van der Waals surface area contributed by atoms with Crippen molar-refractivity contribution in [3.05, 3.63) is 70.7 Å². The third kappa shape index (κ3) is 4.83. The molecule has 3 aromatic heterocycles. The molecular formula is C21H19N3O3S2. The summed E-state index contributed by atoms with van der Waals surface area (Å²) in [6.45, 7) is 2.25. The molecule has 4 rings (SSSR count). The van der Waals surface area contributed by atoms with Gasteiger partial charge in [-0.1, -0.05) is 47.4 Å². The molecule has 0 saturated heterocycles. The SMILES string of the molecule is Cc1nnc(SCc2c(C(=O)OCCCc3cccnc3)oc3ccccc23)s1. The van der Waals surface area contributed by atoms with E-state index in [9.17, 15) is 4.79 Å². The lowest BCUT2D eigenvalue weighted by Crippen LogP contribution is -2.08. The van der Waals surface area contributed by atoms with Crippen LogP contribution in [0.4, 0.5) is 0 Å². The number of ether oxygens (including phenoxy) is 1. The Bertz CT molecular complexity index is 1110. The van der Waals surface area contributed by atoms with Crippen LogP contribution < -0.4 is 0 Å². The summed E-state index contributed by atoms with van der Waals surface area (Å²) in [7, 11) is 0. The summed E-state index contributed by atoms with van der Waals surface area (Å²) in [5.74, 6) is 0.393. The standard InChI is InChI=1S/C21H19N3O3S2/c1-14-23-24-21(29-14)28-13-17-16-8-2-3-9-18(16)27-19(17)20(25)26-11-5-7-15-6-4-10-22-12-15/h2-4,6,8-10,12H,5,7,11,13H2,1H3. The number of aryl methyl sites for hydroxylation is 2. The molecule has 0 N–H and O–H groups in total. The number of furan rings is 1. The first-order valence-corrected chi connectivity index (χ1v) is 11.0. The lowest BCUT2D eigenvalue weighted by Gasteiger charge is -2.05. The molecule has 8 heteroatoms. The van der Waals surface area contributed by atoms with Crippen LogP contribution in [-0.2, 0) is 16.9 Å². The maximum atomic E-state index is 12.7. The summed E-state index contributed by atoms with van der Waals surface area (Å²) in [5, 5.41) is 10.0. The predicted molar refractivity (Wildman–Crippen MR) is 113 cm³/mol. The van der Waals surface area contributed by atoms with Crippen molar-refractivity contribution in [2.75, 3.05) is 6.61 Å². The van der Waals surface area contributed by atoms with Crippen LogP contribution in [0.25, 0.3) is 11.0 Å². The van der Waals surface area contributed by atoms with Crippen molar-refractivity contribution in [2.24, 2.45) is 0 Å². The van der Waals surface area contributed by atoms with E-state index in [1.165, 1.54) is 11.3 Å². The second kappa shape index (κ2) is 9.19. The highest BCUT2D eigenvalue weighted by Gasteiger charge is 2.22. The van der Waals surface area contributed by atoms with Crippen LogP contribution in [-0.4, -0.2) is 27.8 Å². The van der Waals surface area contributed by atoms with Gasteiger partial charge in [0.15, 0.2) is 4.34 Å². The summed E-state index contributed by atoms with van der Waals surface area (Å²) in [6, 6.07) is 11.6. The van der Waals surface area contributed by atoms with Crippen molar-refractivity contribution < 1.29 is 13.9 Å². The lowest BCUT2D eigenvalue weighted by molar-refractivity contribution is 0.0465. The number of thioether (sulfide) groups is 1. The fourth-order valence-corrected chi connectivity index (χ4v) is 4.77. The third-order valence-corrected chi connectivity index (χ3v) is 6.30. The van der Waals surface area contributed by atoms with Gasteiger partial charge in [0.25, 0.3) is 0 Å². The van der Waals surface area contributed by atoms with Gasteiger partial charge in [-0.3, -0.25) is 4.98 Å². The van der Waals surface area contributed by atoms with Gasteiger partial charge in [0.1, 0.15) is 10.6 Å². The minimum absolute atomic E-state index is 0.265. The van der Waals surface area contributed by atoms with Gasteiger partial charge in [0.05, 0.1) is 6.61 Å². The number of carbonyl (C=O) groups is 1. The highest BCUT2D eigenvalue weighted by Crippen LogP contribution is 2.33. The minimum atomic E-state index is -0.434. The van der Waals surface area contributed by atoms with Crippen LogP contribution in [0.15, 0.2) is 57.5 Å². The molecule has 0 aliphatic heterocycles. The van der Waals surface area contributed by atoms with E-state index in [0.29, 0.717) is 17.9 Å². The first-order chi connectivity index (χ1) is 14.2. The van der Waals surface area contributed by atoms with Crippen molar-refractivity contribution in [1.82, 2.24) is 15.2 Å². The number of benzene rings is 1. The second-order valence-electron chi connectivity index (χ2n) is 6.38. The van der Waals surface area contributed by atoms with Crippen LogP contribution in [0, 0.1) is 6.92 Å². The van der Waals surface area contributed by atoms with E-state index < -0.39 is 5.97 Å². The Hall–Kier alpha value is -2.71. The van der Waals surface area contributed by atoms with Gasteiger partial charge in [-0.25, -0.2) is 4.79 Å². The fraction of sp³-hybridized carbons (Fsp3) is 0.238. The van der Waals surface area contributed by atoms with Gasteiger partial charge in [0.2, 0.25) is 5.76 Å². The van der Waals surface area contributed by atoms with E-state index in [4.69, 9.17) is 9.15 Å². The number of aromatic nitrogens is 3. The topological polar surface area (TPSA) is 78.1 Å². The molecule has 0 bridgehead atoms. The van der Waals surface area contributed by atoms with Crippen LogP contribution in [0.3, 0.4) is 0 Å². The normalized spacial score (nSPS) is 11.1. The highest BCUT2D eigenvalue weighted by atomic mass is 32.2. The van der Waals surface area contributed by atoms with Crippen LogP contribution >= 0.6 is 23.1 Å². The monoisotopic (exact) mass is 425 g/mol. The van der Waals surface area contributed by atoms with Crippen molar-refractivity contribution in [3.8, 4) is 0 Å². The van der Waals surface area contributed by atoms with E-state index in [1.807, 2.05) is 49.5 Å². The Kier molecular flexibility index (Phi) is 6.21. The smallest absolute Gasteiger partial charge is 0.374 e. The van der Waals surface area contributed by atoms with Crippen molar-refractivity contribution >= 4 is 40.0 Å². The van der Waals surface area contributed by atoms with Crippen molar-refractivity contribution in [1.29, 1.82) is 0 Å². The third-order valence-electron chi connectivity index (χ3n) is 4.30. The predicted octanol–water partition coefficient (Wildman–Crippen LogP) is 5.07. The maximum absolute atomic E-state index is 12.7. The molecule has 0 saturated carbocycles. The summed E-state index contributed by atoms with van der Waals surface area (Å²) in [5.41, 5.74) is 2.63. The lowest BCUT2D eigenvalue weighted by atomic mass is 10.1. The summed E-state index contributed by atoms with van der Waals surface area (Å²) < 4.78 is 12.2. The van der Waals surface area contributed by atoms with Crippen LogP contribution in [0.5, 0.6) is 0 Å². The van der Waals surface area contributed by atoms with E-state index in [-0.39, 0.29) is 5.76 Å². The largest absolute Gasteiger partial charge is 0.460 e. The number of esters is 1. The number of para-hydroxylation sites is 1. The van der Waals surface area contributed by atoms with Gasteiger partial charge >= 0.3 is 5.97 Å². The summed E-state index contributed by atoms with van der Waals surface area (Å²) >= 11 is 3.07. The number of fused-ring (bicyclic) bond motifs is 1. The first-order valence-electron chi connectivity index (χ1n) is 9.20. The van der Waals surface area contributed by atoms with E-state index >= 15 is 0 Å². The summed E-state index contributed by atoms with van der Waals surface area (Å²) in [4.78, 5) is 16.8. The molecule has 0 spiro atoms. The molecule has 0 fully saturated rings. The fourth-order valence-electron chi connectivity index (χ4n) is 2.93. The van der Waals surface area contributed by atoms with Gasteiger partial charge in [-0.05, 0) is 37.5 Å². The number of carbonyl (C=O) groups excluding carboxylic acids is 1. The molecule has 1 aromatic carbocycles. The molecular weight excluding hydrogens is 406 g/mol. The van der Waals surface area contributed by atoms with E-state index in [1.54, 1.807) is 18.0 Å². The van der Waals surface area contributed by atoms with Gasteiger partial charge in [0, 0.05) is 29.1 Å². The van der Waals surface area contributed by atoms with Gasteiger partial charge in [-0.15, -0.1) is 10.2 Å². The van der Waals surface area contributed by atoms with Crippen molar-refractivity contribution in [3.63, 3.8) is 0 Å². The van der Waals surface area contributed by atoms with Crippen LogP contribution in [0.1, 0.15) is 33.1 Å². The second-order valence-corrected chi connectivity index (χ2v) is 8.79. The molecule has 29 heavy (non-hydrogen) atoms. The van der Waals surface area contributed by atoms with E-state index in [0.717, 1.165) is 38.7 Å².